The molecule has 0 spiro atoms. The summed E-state index contributed by atoms with van der Waals surface area (Å²) in [6.07, 6.45) is 4.14. The van der Waals surface area contributed by atoms with E-state index in [-0.39, 0.29) is 0 Å². The smallest absolute Gasteiger partial charge is 0.0208 e. The van der Waals surface area contributed by atoms with Gasteiger partial charge in [0.2, 0.25) is 0 Å². The predicted octanol–water partition coefficient (Wildman–Crippen LogP) is 2.95. The second-order valence-corrected chi connectivity index (χ2v) is 4.50. The van der Waals surface area contributed by atoms with Crippen LogP contribution in [0.3, 0.4) is 0 Å². The zero-order valence-electron chi connectivity index (χ0n) is 9.14. The summed E-state index contributed by atoms with van der Waals surface area (Å²) in [5.41, 5.74) is 4.17. The zero-order valence-corrected chi connectivity index (χ0v) is 9.14. The number of rotatable bonds is 3. The van der Waals surface area contributed by atoms with Crippen LogP contribution in [0.1, 0.15) is 36.0 Å². The highest BCUT2D eigenvalue weighted by Crippen LogP contribution is 2.18. The van der Waals surface area contributed by atoms with Gasteiger partial charge in [0, 0.05) is 12.6 Å². The number of benzene rings is 1. The molecule has 0 unspecified atom stereocenters. The van der Waals surface area contributed by atoms with Crippen LogP contribution in [-0.4, -0.2) is 6.04 Å². The molecule has 0 bridgehead atoms. The first-order chi connectivity index (χ1) is 6.74. The van der Waals surface area contributed by atoms with E-state index in [4.69, 9.17) is 0 Å². The van der Waals surface area contributed by atoms with E-state index in [0.29, 0.717) is 0 Å². The number of nitrogens with one attached hydrogen (secondary N) is 1. The quantitative estimate of drug-likeness (QED) is 0.771. The van der Waals surface area contributed by atoms with Gasteiger partial charge in [-0.15, -0.1) is 0 Å². The van der Waals surface area contributed by atoms with Crippen molar-refractivity contribution < 1.29 is 0 Å². The molecule has 0 aliphatic heterocycles. The fraction of sp³-hybridized carbons (Fsp3) is 0.538. The van der Waals surface area contributed by atoms with Gasteiger partial charge in [-0.2, -0.15) is 0 Å². The van der Waals surface area contributed by atoms with Gasteiger partial charge >= 0.3 is 0 Å². The summed E-state index contributed by atoms with van der Waals surface area (Å²) in [6, 6.07) is 7.57. The normalized spacial score (nSPS) is 16.7. The molecule has 0 aromatic heterocycles. The van der Waals surface area contributed by atoms with Crippen molar-refractivity contribution in [3.8, 4) is 0 Å². The molecule has 1 aliphatic carbocycles. The van der Waals surface area contributed by atoms with E-state index < -0.39 is 0 Å². The maximum atomic E-state index is 3.59. The van der Waals surface area contributed by atoms with Crippen LogP contribution in [0.2, 0.25) is 0 Å². The number of hydrogen-bond acceptors (Lipinski definition) is 1. The van der Waals surface area contributed by atoms with Crippen LogP contribution < -0.4 is 5.32 Å². The third kappa shape index (κ3) is 2.36. The van der Waals surface area contributed by atoms with Crippen molar-refractivity contribution in [1.29, 1.82) is 0 Å². The van der Waals surface area contributed by atoms with Crippen LogP contribution in [0.25, 0.3) is 0 Å². The van der Waals surface area contributed by atoms with E-state index in [1.165, 1.54) is 36.0 Å². The van der Waals surface area contributed by atoms with Crippen molar-refractivity contribution in [2.45, 2.75) is 45.7 Å². The Hall–Kier alpha value is -0.820. The average molecular weight is 189 g/mol. The summed E-state index contributed by atoms with van der Waals surface area (Å²) in [6.45, 7) is 5.37. The molecule has 76 valence electrons. The minimum absolute atomic E-state index is 0.788. The predicted molar refractivity (Wildman–Crippen MR) is 60.4 cm³/mol. The molecular formula is C13H19N. The first kappa shape index (κ1) is 9.72. The van der Waals surface area contributed by atoms with Crippen molar-refractivity contribution in [3.63, 3.8) is 0 Å². The number of aryl methyl sites for hydroxylation is 2. The van der Waals surface area contributed by atoms with Crippen molar-refractivity contribution in [3.05, 3.63) is 34.9 Å². The highest BCUT2D eigenvalue weighted by Gasteiger charge is 2.15. The molecule has 0 saturated heterocycles. The SMILES string of the molecule is Cc1cc(C)cc(CNC2CCC2)c1. The Bertz CT molecular complexity index is 293. The van der Waals surface area contributed by atoms with Crippen molar-refractivity contribution in [1.82, 2.24) is 5.32 Å². The molecular weight excluding hydrogens is 170 g/mol. The number of hydrogen-bond donors (Lipinski definition) is 1. The van der Waals surface area contributed by atoms with Crippen LogP contribution >= 0.6 is 0 Å². The molecule has 1 aliphatic rings. The topological polar surface area (TPSA) is 12.0 Å². The molecule has 1 fully saturated rings. The monoisotopic (exact) mass is 189 g/mol. The maximum absolute atomic E-state index is 3.59. The van der Waals surface area contributed by atoms with E-state index in [1.807, 2.05) is 0 Å². The Morgan fingerprint density at radius 3 is 2.29 bits per heavy atom. The molecule has 2 rings (SSSR count). The highest BCUT2D eigenvalue weighted by molar-refractivity contribution is 5.28. The lowest BCUT2D eigenvalue weighted by molar-refractivity contribution is 0.338. The maximum Gasteiger partial charge on any atom is 0.0208 e. The molecule has 0 atom stereocenters. The molecule has 1 aromatic rings. The second kappa shape index (κ2) is 4.14. The third-order valence-corrected chi connectivity index (χ3v) is 2.98. The van der Waals surface area contributed by atoms with Gasteiger partial charge in [0.25, 0.3) is 0 Å². The molecule has 1 nitrogen and oxygen atoms in total. The molecule has 0 heterocycles. The van der Waals surface area contributed by atoms with Crippen LogP contribution in [0.4, 0.5) is 0 Å². The molecule has 1 N–H and O–H groups in total. The van der Waals surface area contributed by atoms with E-state index in [0.717, 1.165) is 12.6 Å². The van der Waals surface area contributed by atoms with Crippen LogP contribution in [0.5, 0.6) is 0 Å². The molecule has 1 aromatic carbocycles. The van der Waals surface area contributed by atoms with Crippen LogP contribution in [0.15, 0.2) is 18.2 Å². The minimum Gasteiger partial charge on any atom is -0.310 e. The standard InChI is InChI=1S/C13H19N/c1-10-6-11(2)8-12(7-10)9-14-13-4-3-5-13/h6-8,13-14H,3-5,9H2,1-2H3. The zero-order chi connectivity index (χ0) is 9.97. The highest BCUT2D eigenvalue weighted by atomic mass is 14.9. The van der Waals surface area contributed by atoms with Gasteiger partial charge in [0.1, 0.15) is 0 Å². The Labute approximate surface area is 86.5 Å². The summed E-state index contributed by atoms with van der Waals surface area (Å²) >= 11 is 0. The van der Waals surface area contributed by atoms with Gasteiger partial charge in [-0.05, 0) is 32.3 Å². The first-order valence-corrected chi connectivity index (χ1v) is 5.54. The Morgan fingerprint density at radius 2 is 1.79 bits per heavy atom. The van der Waals surface area contributed by atoms with Gasteiger partial charge in [0.05, 0.1) is 0 Å². The van der Waals surface area contributed by atoms with Crippen molar-refractivity contribution in [2.24, 2.45) is 0 Å². The van der Waals surface area contributed by atoms with E-state index in [2.05, 4.69) is 37.4 Å². The summed E-state index contributed by atoms with van der Waals surface area (Å²) in [5.74, 6) is 0. The lowest BCUT2D eigenvalue weighted by atomic mass is 9.93. The van der Waals surface area contributed by atoms with Gasteiger partial charge < -0.3 is 5.32 Å². The van der Waals surface area contributed by atoms with E-state index >= 15 is 0 Å². The van der Waals surface area contributed by atoms with E-state index in [1.54, 1.807) is 0 Å². The average Bonchev–Trinajstić information content (AvgIpc) is 1.99. The molecule has 0 amide bonds. The fourth-order valence-corrected chi connectivity index (χ4v) is 2.05. The van der Waals surface area contributed by atoms with Gasteiger partial charge in [-0.25, -0.2) is 0 Å². The molecule has 1 saturated carbocycles. The van der Waals surface area contributed by atoms with Gasteiger partial charge in [-0.3, -0.25) is 0 Å². The Kier molecular flexibility index (Phi) is 2.87. The second-order valence-electron chi connectivity index (χ2n) is 4.50. The lowest BCUT2D eigenvalue weighted by Crippen LogP contribution is -2.34. The minimum atomic E-state index is 0.788. The molecule has 14 heavy (non-hydrogen) atoms. The van der Waals surface area contributed by atoms with Gasteiger partial charge in [-0.1, -0.05) is 35.7 Å². The Morgan fingerprint density at radius 1 is 1.14 bits per heavy atom. The molecule has 0 radical (unpaired) electrons. The fourth-order valence-electron chi connectivity index (χ4n) is 2.05. The van der Waals surface area contributed by atoms with E-state index in [9.17, 15) is 0 Å². The summed E-state index contributed by atoms with van der Waals surface area (Å²) < 4.78 is 0. The molecule has 1 heteroatoms. The van der Waals surface area contributed by atoms with Crippen molar-refractivity contribution in [2.75, 3.05) is 0 Å². The largest absolute Gasteiger partial charge is 0.310 e. The lowest BCUT2D eigenvalue weighted by Gasteiger charge is -2.26. The summed E-state index contributed by atoms with van der Waals surface area (Å²) in [7, 11) is 0. The van der Waals surface area contributed by atoms with Crippen LogP contribution in [0, 0.1) is 13.8 Å². The first-order valence-electron chi connectivity index (χ1n) is 5.54. The summed E-state index contributed by atoms with van der Waals surface area (Å²) in [4.78, 5) is 0. The third-order valence-electron chi connectivity index (χ3n) is 2.98. The summed E-state index contributed by atoms with van der Waals surface area (Å²) in [5, 5.41) is 3.59. The van der Waals surface area contributed by atoms with Crippen molar-refractivity contribution >= 4 is 0 Å². The Balaban J connectivity index is 1.94. The van der Waals surface area contributed by atoms with Crippen LogP contribution in [-0.2, 0) is 6.54 Å². The van der Waals surface area contributed by atoms with Gasteiger partial charge in [0.15, 0.2) is 0 Å².